The van der Waals surface area contributed by atoms with Gasteiger partial charge >= 0.3 is 0 Å². The van der Waals surface area contributed by atoms with Crippen LogP contribution in [0.2, 0.25) is 0 Å². The Kier molecular flexibility index (Phi) is 4.33. The van der Waals surface area contributed by atoms with Gasteiger partial charge in [-0.3, -0.25) is 4.90 Å². The van der Waals surface area contributed by atoms with Crippen molar-refractivity contribution in [3.8, 4) is 6.07 Å². The Morgan fingerprint density at radius 1 is 1.00 bits per heavy atom. The minimum absolute atomic E-state index is 0.265. The normalized spacial score (nSPS) is 46.6. The molecule has 1 heterocycles. The number of rotatable bonds is 1. The van der Waals surface area contributed by atoms with E-state index in [2.05, 4.69) is 38.7 Å². The molecule has 1 saturated heterocycles. The SMILES string of the molecule is CC1CCC(C#N)C(N2CC(C)CC(C)C2C)C1. The van der Waals surface area contributed by atoms with E-state index >= 15 is 0 Å². The summed E-state index contributed by atoms with van der Waals surface area (Å²) in [5, 5.41) is 9.42. The summed E-state index contributed by atoms with van der Waals surface area (Å²) >= 11 is 0. The lowest BCUT2D eigenvalue weighted by molar-refractivity contribution is 0.00332. The van der Waals surface area contributed by atoms with E-state index in [4.69, 9.17) is 0 Å². The predicted octanol–water partition coefficient (Wildman–Crippen LogP) is 3.68. The molecule has 18 heavy (non-hydrogen) atoms. The van der Waals surface area contributed by atoms with Crippen LogP contribution >= 0.6 is 0 Å². The van der Waals surface area contributed by atoms with Crippen LogP contribution < -0.4 is 0 Å². The van der Waals surface area contributed by atoms with Gasteiger partial charge in [0.15, 0.2) is 0 Å². The standard InChI is InChI=1S/C16H28N2/c1-11-5-6-15(9-17)16(8-11)18-10-12(2)7-13(3)14(18)4/h11-16H,5-8,10H2,1-4H3. The number of hydrogen-bond acceptors (Lipinski definition) is 2. The first kappa shape index (κ1) is 13.9. The fourth-order valence-corrected chi connectivity index (χ4v) is 4.06. The number of likely N-dealkylation sites (tertiary alicyclic amines) is 1. The topological polar surface area (TPSA) is 27.0 Å². The molecule has 1 saturated carbocycles. The summed E-state index contributed by atoms with van der Waals surface area (Å²) < 4.78 is 0. The van der Waals surface area contributed by atoms with Crippen molar-refractivity contribution in [3.63, 3.8) is 0 Å². The summed E-state index contributed by atoms with van der Waals surface area (Å²) in [6.45, 7) is 10.7. The summed E-state index contributed by atoms with van der Waals surface area (Å²) in [5.41, 5.74) is 0. The van der Waals surface area contributed by atoms with Crippen LogP contribution in [-0.2, 0) is 0 Å². The van der Waals surface area contributed by atoms with Gasteiger partial charge < -0.3 is 0 Å². The molecule has 2 heteroatoms. The molecular formula is C16H28N2. The molecular weight excluding hydrogens is 220 g/mol. The smallest absolute Gasteiger partial charge is 0.0672 e. The highest BCUT2D eigenvalue weighted by molar-refractivity contribution is 5.00. The van der Waals surface area contributed by atoms with Gasteiger partial charge in [-0.25, -0.2) is 0 Å². The summed E-state index contributed by atoms with van der Waals surface area (Å²) in [4.78, 5) is 2.67. The highest BCUT2D eigenvalue weighted by atomic mass is 15.2. The molecule has 0 aromatic carbocycles. The van der Waals surface area contributed by atoms with E-state index in [-0.39, 0.29) is 5.92 Å². The van der Waals surface area contributed by atoms with Crippen molar-refractivity contribution in [2.45, 2.75) is 65.5 Å². The number of nitrogens with zero attached hydrogens (tertiary/aromatic N) is 2. The predicted molar refractivity (Wildman–Crippen MR) is 75.0 cm³/mol. The molecule has 0 aromatic rings. The molecule has 0 bridgehead atoms. The molecule has 6 atom stereocenters. The Labute approximate surface area is 112 Å². The van der Waals surface area contributed by atoms with E-state index in [0.717, 1.165) is 24.2 Å². The number of piperidine rings is 1. The Hall–Kier alpha value is -0.550. The van der Waals surface area contributed by atoms with E-state index in [1.807, 2.05) is 0 Å². The highest BCUT2D eigenvalue weighted by Crippen LogP contribution is 2.37. The molecule has 2 nitrogen and oxygen atoms in total. The van der Waals surface area contributed by atoms with Crippen molar-refractivity contribution in [3.05, 3.63) is 0 Å². The maximum Gasteiger partial charge on any atom is 0.0672 e. The molecule has 2 fully saturated rings. The summed E-state index contributed by atoms with van der Waals surface area (Å²) in [7, 11) is 0. The van der Waals surface area contributed by atoms with Crippen LogP contribution in [0.5, 0.6) is 0 Å². The van der Waals surface area contributed by atoms with Gasteiger partial charge in [0, 0.05) is 18.6 Å². The second-order valence-corrected chi connectivity index (χ2v) is 6.98. The minimum atomic E-state index is 0.265. The van der Waals surface area contributed by atoms with Crippen LogP contribution in [0.3, 0.4) is 0 Å². The molecule has 1 aliphatic carbocycles. The van der Waals surface area contributed by atoms with Gasteiger partial charge in [0.25, 0.3) is 0 Å². The lowest BCUT2D eigenvalue weighted by Gasteiger charge is -2.48. The van der Waals surface area contributed by atoms with Crippen molar-refractivity contribution in [1.29, 1.82) is 5.26 Å². The molecule has 6 unspecified atom stereocenters. The Bertz CT molecular complexity index is 320. The van der Waals surface area contributed by atoms with Crippen LogP contribution in [0.4, 0.5) is 0 Å². The highest BCUT2D eigenvalue weighted by Gasteiger charge is 2.39. The van der Waals surface area contributed by atoms with Gasteiger partial charge in [0.2, 0.25) is 0 Å². The van der Waals surface area contributed by atoms with Gasteiger partial charge in [-0.2, -0.15) is 5.26 Å². The fourth-order valence-electron chi connectivity index (χ4n) is 4.06. The van der Waals surface area contributed by atoms with Gasteiger partial charge in [-0.15, -0.1) is 0 Å². The molecule has 0 N–H and O–H groups in total. The van der Waals surface area contributed by atoms with Crippen molar-refractivity contribution in [2.24, 2.45) is 23.7 Å². The quantitative estimate of drug-likeness (QED) is 0.708. The van der Waals surface area contributed by atoms with Gasteiger partial charge in [0.1, 0.15) is 0 Å². The molecule has 0 spiro atoms. The average Bonchev–Trinajstić information content (AvgIpc) is 2.33. The van der Waals surface area contributed by atoms with E-state index in [0.29, 0.717) is 12.1 Å². The number of hydrogen-bond donors (Lipinski definition) is 0. The third kappa shape index (κ3) is 2.72. The maximum absolute atomic E-state index is 9.42. The van der Waals surface area contributed by atoms with Crippen molar-refractivity contribution in [1.82, 2.24) is 4.90 Å². The molecule has 1 aliphatic heterocycles. The van der Waals surface area contributed by atoms with E-state index in [1.165, 1.54) is 25.8 Å². The van der Waals surface area contributed by atoms with Crippen LogP contribution in [0, 0.1) is 35.0 Å². The maximum atomic E-state index is 9.42. The zero-order valence-electron chi connectivity index (χ0n) is 12.4. The molecule has 0 amide bonds. The summed E-state index contributed by atoms with van der Waals surface area (Å²) in [5.74, 6) is 2.61. The molecule has 102 valence electrons. The first-order valence-corrected chi connectivity index (χ1v) is 7.68. The molecule has 2 aliphatic rings. The van der Waals surface area contributed by atoms with Crippen LogP contribution in [0.15, 0.2) is 0 Å². The van der Waals surface area contributed by atoms with Crippen molar-refractivity contribution >= 4 is 0 Å². The monoisotopic (exact) mass is 248 g/mol. The second-order valence-electron chi connectivity index (χ2n) is 6.98. The average molecular weight is 248 g/mol. The fraction of sp³-hybridized carbons (Fsp3) is 0.938. The lowest BCUT2D eigenvalue weighted by atomic mass is 9.76. The Balaban J connectivity index is 2.14. The van der Waals surface area contributed by atoms with Crippen molar-refractivity contribution < 1.29 is 0 Å². The summed E-state index contributed by atoms with van der Waals surface area (Å²) in [6.07, 6.45) is 4.91. The molecule has 0 radical (unpaired) electrons. The zero-order valence-corrected chi connectivity index (χ0v) is 12.4. The van der Waals surface area contributed by atoms with Crippen LogP contribution in [0.25, 0.3) is 0 Å². The van der Waals surface area contributed by atoms with Crippen LogP contribution in [0.1, 0.15) is 53.4 Å². The van der Waals surface area contributed by atoms with Crippen molar-refractivity contribution in [2.75, 3.05) is 6.54 Å². The minimum Gasteiger partial charge on any atom is -0.296 e. The third-order valence-electron chi connectivity index (χ3n) is 5.31. The lowest BCUT2D eigenvalue weighted by Crippen LogP contribution is -2.54. The van der Waals surface area contributed by atoms with E-state index in [9.17, 15) is 5.26 Å². The van der Waals surface area contributed by atoms with Crippen LogP contribution in [-0.4, -0.2) is 23.5 Å². The second kappa shape index (κ2) is 5.61. The Morgan fingerprint density at radius 3 is 2.39 bits per heavy atom. The largest absolute Gasteiger partial charge is 0.296 e. The van der Waals surface area contributed by atoms with E-state index < -0.39 is 0 Å². The van der Waals surface area contributed by atoms with Gasteiger partial charge in [-0.05, 0) is 50.4 Å². The number of nitriles is 1. The first-order valence-electron chi connectivity index (χ1n) is 7.68. The first-order chi connectivity index (χ1) is 8.52. The third-order valence-corrected chi connectivity index (χ3v) is 5.31. The summed E-state index contributed by atoms with van der Waals surface area (Å²) in [6, 6.07) is 3.74. The molecule has 2 rings (SSSR count). The van der Waals surface area contributed by atoms with Gasteiger partial charge in [-0.1, -0.05) is 20.8 Å². The zero-order chi connectivity index (χ0) is 13.3. The Morgan fingerprint density at radius 2 is 1.72 bits per heavy atom. The van der Waals surface area contributed by atoms with E-state index in [1.54, 1.807) is 0 Å². The van der Waals surface area contributed by atoms with Gasteiger partial charge in [0.05, 0.1) is 12.0 Å². The molecule has 0 aromatic heterocycles.